The van der Waals surface area contributed by atoms with Crippen LogP contribution >= 0.6 is 0 Å². The molecule has 1 unspecified atom stereocenters. The molecule has 2 N–H and O–H groups in total. The van der Waals surface area contributed by atoms with Gasteiger partial charge >= 0.3 is 5.97 Å². The van der Waals surface area contributed by atoms with Gasteiger partial charge in [0.2, 0.25) is 0 Å². The summed E-state index contributed by atoms with van der Waals surface area (Å²) in [6.45, 7) is 3.03. The number of carboxylic acids is 1. The first kappa shape index (κ1) is 16.3. The number of hydrogen-bond acceptors (Lipinski definition) is 3. The van der Waals surface area contributed by atoms with Crippen LogP contribution in [0, 0.1) is 0 Å². The second-order valence-electron chi connectivity index (χ2n) is 5.97. The summed E-state index contributed by atoms with van der Waals surface area (Å²) in [5.41, 5.74) is 1.39. The first-order chi connectivity index (χ1) is 10.4. The fraction of sp³-hybridized carbons (Fsp3) is 0.529. The molecular formula is C17H23NO4. The highest BCUT2D eigenvalue weighted by Crippen LogP contribution is 2.25. The van der Waals surface area contributed by atoms with E-state index in [9.17, 15) is 9.59 Å². The van der Waals surface area contributed by atoms with Gasteiger partial charge in [-0.15, -0.1) is 0 Å². The van der Waals surface area contributed by atoms with E-state index in [1.807, 2.05) is 12.1 Å². The molecule has 1 atom stereocenters. The molecule has 22 heavy (non-hydrogen) atoms. The molecule has 1 aromatic rings. The van der Waals surface area contributed by atoms with Crippen molar-refractivity contribution >= 4 is 11.9 Å². The molecule has 0 heterocycles. The number of carboxylic acid groups (broad SMARTS) is 1. The number of hydrogen-bond donors (Lipinski definition) is 2. The lowest BCUT2D eigenvalue weighted by molar-refractivity contribution is -0.147. The highest BCUT2D eigenvalue weighted by Gasteiger charge is 2.32. The van der Waals surface area contributed by atoms with Gasteiger partial charge in [0.1, 0.15) is 11.3 Å². The van der Waals surface area contributed by atoms with Gasteiger partial charge in [0.15, 0.2) is 6.61 Å². The van der Waals surface area contributed by atoms with E-state index < -0.39 is 17.4 Å². The highest BCUT2D eigenvalue weighted by molar-refractivity contribution is 5.87. The monoisotopic (exact) mass is 305 g/mol. The summed E-state index contributed by atoms with van der Waals surface area (Å²) in [6, 6.07) is 5.90. The molecule has 2 rings (SSSR count). The van der Waals surface area contributed by atoms with Gasteiger partial charge in [-0.25, -0.2) is 4.79 Å². The van der Waals surface area contributed by atoms with Crippen molar-refractivity contribution in [3.05, 3.63) is 29.3 Å². The van der Waals surface area contributed by atoms with Crippen LogP contribution in [0.4, 0.5) is 0 Å². The molecule has 120 valence electrons. The fourth-order valence-corrected chi connectivity index (χ4v) is 2.59. The number of nitrogens with one attached hydrogen (secondary N) is 1. The molecule has 0 spiro atoms. The SMILES string of the molecule is CCC(C)(NC(=O)COc1ccc2c(c1)CCCC2)C(=O)O. The largest absolute Gasteiger partial charge is 0.484 e. The molecule has 0 fully saturated rings. The quantitative estimate of drug-likeness (QED) is 0.845. The lowest BCUT2D eigenvalue weighted by Gasteiger charge is -2.24. The molecule has 1 aromatic carbocycles. The van der Waals surface area contributed by atoms with E-state index in [1.54, 1.807) is 6.92 Å². The Bertz CT molecular complexity index is 570. The maximum atomic E-state index is 11.9. The van der Waals surface area contributed by atoms with Crippen LogP contribution in [0.25, 0.3) is 0 Å². The Balaban J connectivity index is 1.92. The molecule has 0 bridgehead atoms. The number of amides is 1. The van der Waals surface area contributed by atoms with Crippen LogP contribution in [-0.4, -0.2) is 29.1 Å². The molecule has 5 nitrogen and oxygen atoms in total. The second-order valence-corrected chi connectivity index (χ2v) is 5.97. The van der Waals surface area contributed by atoms with Crippen LogP contribution in [0.15, 0.2) is 18.2 Å². The third-order valence-corrected chi connectivity index (χ3v) is 4.28. The van der Waals surface area contributed by atoms with Crippen molar-refractivity contribution in [2.24, 2.45) is 0 Å². The standard InChI is InChI=1S/C17H23NO4/c1-3-17(2,16(20)21)18-15(19)11-22-14-9-8-12-6-4-5-7-13(12)10-14/h8-10H,3-7,11H2,1-2H3,(H,18,19)(H,20,21). The van der Waals surface area contributed by atoms with Crippen molar-refractivity contribution in [1.29, 1.82) is 0 Å². The summed E-state index contributed by atoms with van der Waals surface area (Å²) < 4.78 is 5.50. The Labute approximate surface area is 130 Å². The van der Waals surface area contributed by atoms with Gasteiger partial charge in [-0.2, -0.15) is 0 Å². The number of aryl methyl sites for hydroxylation is 2. The van der Waals surface area contributed by atoms with E-state index in [2.05, 4.69) is 11.4 Å². The Morgan fingerprint density at radius 3 is 2.59 bits per heavy atom. The van der Waals surface area contributed by atoms with Crippen LogP contribution in [0.1, 0.15) is 44.2 Å². The van der Waals surface area contributed by atoms with Crippen molar-refractivity contribution in [3.63, 3.8) is 0 Å². The summed E-state index contributed by atoms with van der Waals surface area (Å²) in [5.74, 6) is -0.814. The van der Waals surface area contributed by atoms with Gasteiger partial charge in [0.25, 0.3) is 5.91 Å². The number of carbonyl (C=O) groups excluding carboxylic acids is 1. The van der Waals surface area contributed by atoms with E-state index in [0.717, 1.165) is 12.8 Å². The van der Waals surface area contributed by atoms with E-state index in [0.29, 0.717) is 12.2 Å². The smallest absolute Gasteiger partial charge is 0.329 e. The molecule has 0 radical (unpaired) electrons. The summed E-state index contributed by atoms with van der Waals surface area (Å²) in [4.78, 5) is 23.1. The topological polar surface area (TPSA) is 75.6 Å². The summed E-state index contributed by atoms with van der Waals surface area (Å²) in [5, 5.41) is 11.7. The maximum Gasteiger partial charge on any atom is 0.329 e. The van der Waals surface area contributed by atoms with Crippen LogP contribution in [0.5, 0.6) is 5.75 Å². The molecular weight excluding hydrogens is 282 g/mol. The minimum absolute atomic E-state index is 0.179. The van der Waals surface area contributed by atoms with Gasteiger partial charge in [-0.3, -0.25) is 4.79 Å². The van der Waals surface area contributed by atoms with E-state index in [1.165, 1.54) is 30.9 Å². The van der Waals surface area contributed by atoms with Gasteiger partial charge in [-0.1, -0.05) is 13.0 Å². The van der Waals surface area contributed by atoms with E-state index in [4.69, 9.17) is 9.84 Å². The number of benzene rings is 1. The maximum absolute atomic E-state index is 11.9. The van der Waals surface area contributed by atoms with Crippen molar-refractivity contribution in [2.75, 3.05) is 6.61 Å². The fourth-order valence-electron chi connectivity index (χ4n) is 2.59. The van der Waals surface area contributed by atoms with E-state index >= 15 is 0 Å². The number of carbonyl (C=O) groups is 2. The summed E-state index contributed by atoms with van der Waals surface area (Å²) in [7, 11) is 0. The third kappa shape index (κ3) is 3.78. The lowest BCUT2D eigenvalue weighted by atomic mass is 9.92. The number of fused-ring (bicyclic) bond motifs is 1. The zero-order valence-corrected chi connectivity index (χ0v) is 13.1. The average molecular weight is 305 g/mol. The van der Waals surface area contributed by atoms with Crippen LogP contribution in [0.3, 0.4) is 0 Å². The molecule has 0 saturated carbocycles. The van der Waals surface area contributed by atoms with Crippen LogP contribution in [0.2, 0.25) is 0 Å². The summed E-state index contributed by atoms with van der Waals surface area (Å²) in [6.07, 6.45) is 4.87. The molecule has 5 heteroatoms. The molecule has 0 saturated heterocycles. The minimum atomic E-state index is -1.25. The minimum Gasteiger partial charge on any atom is -0.484 e. The average Bonchev–Trinajstić information content (AvgIpc) is 2.52. The van der Waals surface area contributed by atoms with Gasteiger partial charge in [0.05, 0.1) is 0 Å². The predicted octanol–water partition coefficient (Wildman–Crippen LogP) is 2.31. The summed E-state index contributed by atoms with van der Waals surface area (Å²) >= 11 is 0. The van der Waals surface area contributed by atoms with Gasteiger partial charge in [0, 0.05) is 0 Å². The number of rotatable bonds is 6. The Morgan fingerprint density at radius 2 is 1.95 bits per heavy atom. The molecule has 0 aromatic heterocycles. The molecule has 0 aliphatic heterocycles. The second kappa shape index (κ2) is 6.81. The number of ether oxygens (including phenoxy) is 1. The number of aliphatic carboxylic acids is 1. The zero-order chi connectivity index (χ0) is 16.2. The van der Waals surface area contributed by atoms with Gasteiger partial charge < -0.3 is 15.2 Å². The van der Waals surface area contributed by atoms with Crippen LogP contribution in [-0.2, 0) is 22.4 Å². The van der Waals surface area contributed by atoms with E-state index in [-0.39, 0.29) is 6.61 Å². The zero-order valence-electron chi connectivity index (χ0n) is 13.1. The Kier molecular flexibility index (Phi) is 5.06. The molecule has 1 aliphatic carbocycles. The first-order valence-corrected chi connectivity index (χ1v) is 7.73. The van der Waals surface area contributed by atoms with Crippen molar-refractivity contribution in [2.45, 2.75) is 51.5 Å². The molecule has 1 amide bonds. The highest BCUT2D eigenvalue weighted by atomic mass is 16.5. The Morgan fingerprint density at radius 1 is 1.27 bits per heavy atom. The predicted molar refractivity (Wildman–Crippen MR) is 83.1 cm³/mol. The third-order valence-electron chi connectivity index (χ3n) is 4.28. The van der Waals surface area contributed by atoms with Crippen LogP contribution < -0.4 is 10.1 Å². The van der Waals surface area contributed by atoms with Gasteiger partial charge in [-0.05, 0) is 62.3 Å². The lowest BCUT2D eigenvalue weighted by Crippen LogP contribution is -2.53. The van der Waals surface area contributed by atoms with Crippen molar-refractivity contribution in [1.82, 2.24) is 5.32 Å². The van der Waals surface area contributed by atoms with Crippen molar-refractivity contribution in [3.8, 4) is 5.75 Å². The van der Waals surface area contributed by atoms with Crippen molar-refractivity contribution < 1.29 is 19.4 Å². The Hall–Kier alpha value is -2.04. The normalized spacial score (nSPS) is 16.3. The first-order valence-electron chi connectivity index (χ1n) is 7.73. The molecule has 1 aliphatic rings.